The molecule has 1 aromatic rings. The van der Waals surface area contributed by atoms with Gasteiger partial charge in [0, 0.05) is 18.8 Å². The highest BCUT2D eigenvalue weighted by molar-refractivity contribution is 6.21. The van der Waals surface area contributed by atoms with Crippen molar-refractivity contribution in [1.82, 2.24) is 10.2 Å². The van der Waals surface area contributed by atoms with Gasteiger partial charge < -0.3 is 10.6 Å². The molecule has 0 saturated carbocycles. The molecule has 6 nitrogen and oxygen atoms in total. The third-order valence-electron chi connectivity index (χ3n) is 3.30. The maximum absolute atomic E-state index is 11.9. The summed E-state index contributed by atoms with van der Waals surface area (Å²) < 4.78 is 0. The Morgan fingerprint density at radius 2 is 1.71 bits per heavy atom. The van der Waals surface area contributed by atoms with Crippen LogP contribution in [-0.4, -0.2) is 41.8 Å². The second kappa shape index (κ2) is 5.55. The molecule has 2 N–H and O–H groups in total. The summed E-state index contributed by atoms with van der Waals surface area (Å²) in [5.74, 6) is -0.741. The van der Waals surface area contributed by atoms with Gasteiger partial charge in [0.05, 0.1) is 11.1 Å². The molecule has 0 fully saturated rings. The summed E-state index contributed by atoms with van der Waals surface area (Å²) in [6.45, 7) is 5.52. The van der Waals surface area contributed by atoms with E-state index in [0.29, 0.717) is 16.8 Å². The molecule has 1 aliphatic rings. The van der Waals surface area contributed by atoms with Gasteiger partial charge in [-0.15, -0.1) is 0 Å². The maximum atomic E-state index is 11.9. The van der Waals surface area contributed by atoms with Crippen LogP contribution in [-0.2, 0) is 4.79 Å². The van der Waals surface area contributed by atoms with Crippen LogP contribution in [0.15, 0.2) is 18.2 Å². The lowest BCUT2D eigenvalue weighted by atomic mass is 10.1. The Morgan fingerprint density at radius 1 is 1.10 bits per heavy atom. The van der Waals surface area contributed by atoms with Crippen LogP contribution in [0.25, 0.3) is 0 Å². The maximum Gasteiger partial charge on any atom is 0.261 e. The zero-order valence-electron chi connectivity index (χ0n) is 12.6. The van der Waals surface area contributed by atoms with Gasteiger partial charge in [-0.05, 0) is 39.0 Å². The van der Waals surface area contributed by atoms with Gasteiger partial charge in [0.15, 0.2) is 0 Å². The van der Waals surface area contributed by atoms with Gasteiger partial charge in [0.1, 0.15) is 6.04 Å². The average Bonchev–Trinajstić information content (AvgIpc) is 2.63. The third-order valence-corrected chi connectivity index (χ3v) is 3.30. The minimum atomic E-state index is -0.435. The molecule has 1 aromatic carbocycles. The molecule has 2 rings (SSSR count). The molecular weight excluding hydrogens is 270 g/mol. The predicted octanol–water partition coefficient (Wildman–Crippen LogP) is 1.24. The lowest BCUT2D eigenvalue weighted by Gasteiger charge is -2.17. The Bertz CT molecular complexity index is 610. The molecule has 6 heteroatoms. The van der Waals surface area contributed by atoms with Crippen LogP contribution in [0.3, 0.4) is 0 Å². The number of benzene rings is 1. The second-order valence-electron chi connectivity index (χ2n) is 5.46. The topological polar surface area (TPSA) is 78.5 Å². The Hall–Kier alpha value is -2.37. The van der Waals surface area contributed by atoms with Gasteiger partial charge in [-0.3, -0.25) is 19.3 Å². The standard InChI is InChI=1S/C15H19N3O3/c1-8(2)16-13(19)9(3)17-10-5-6-11-12(7-10)15(21)18(4)14(11)20/h5-9,17H,1-4H3,(H,16,19). The van der Waals surface area contributed by atoms with Crippen molar-refractivity contribution in [2.75, 3.05) is 12.4 Å². The minimum absolute atomic E-state index is 0.0645. The molecule has 0 aliphatic carbocycles. The van der Waals surface area contributed by atoms with E-state index in [1.165, 1.54) is 7.05 Å². The Labute approximate surface area is 123 Å². The summed E-state index contributed by atoms with van der Waals surface area (Å²) in [6, 6.07) is 4.54. The first-order valence-electron chi connectivity index (χ1n) is 6.84. The van der Waals surface area contributed by atoms with Crippen LogP contribution in [0.2, 0.25) is 0 Å². The summed E-state index contributed by atoms with van der Waals surface area (Å²) >= 11 is 0. The number of anilines is 1. The van der Waals surface area contributed by atoms with Crippen LogP contribution in [0, 0.1) is 0 Å². The molecule has 1 atom stereocenters. The first-order valence-corrected chi connectivity index (χ1v) is 6.84. The van der Waals surface area contributed by atoms with E-state index in [4.69, 9.17) is 0 Å². The second-order valence-corrected chi connectivity index (χ2v) is 5.46. The van der Waals surface area contributed by atoms with Crippen molar-refractivity contribution in [2.24, 2.45) is 0 Å². The van der Waals surface area contributed by atoms with E-state index in [2.05, 4.69) is 10.6 Å². The van der Waals surface area contributed by atoms with E-state index >= 15 is 0 Å². The molecule has 0 bridgehead atoms. The Kier molecular flexibility index (Phi) is 3.97. The van der Waals surface area contributed by atoms with Gasteiger partial charge in [-0.1, -0.05) is 0 Å². The molecule has 0 aromatic heterocycles. The summed E-state index contributed by atoms with van der Waals surface area (Å²) in [7, 11) is 1.45. The number of imide groups is 1. The van der Waals surface area contributed by atoms with Crippen molar-refractivity contribution >= 4 is 23.4 Å². The molecule has 1 unspecified atom stereocenters. The Morgan fingerprint density at radius 3 is 2.33 bits per heavy atom. The first-order chi connectivity index (χ1) is 9.81. The fourth-order valence-electron chi connectivity index (χ4n) is 2.18. The highest BCUT2D eigenvalue weighted by atomic mass is 16.2. The number of hydrogen-bond acceptors (Lipinski definition) is 4. The molecule has 3 amide bonds. The van der Waals surface area contributed by atoms with E-state index in [0.717, 1.165) is 4.90 Å². The number of nitrogens with zero attached hydrogens (tertiary/aromatic N) is 1. The van der Waals surface area contributed by atoms with Gasteiger partial charge in [-0.2, -0.15) is 0 Å². The molecule has 0 radical (unpaired) electrons. The highest BCUT2D eigenvalue weighted by Gasteiger charge is 2.32. The van der Waals surface area contributed by atoms with Crippen LogP contribution >= 0.6 is 0 Å². The van der Waals surface area contributed by atoms with E-state index in [9.17, 15) is 14.4 Å². The average molecular weight is 289 g/mol. The van der Waals surface area contributed by atoms with Gasteiger partial charge in [0.2, 0.25) is 5.91 Å². The highest BCUT2D eigenvalue weighted by Crippen LogP contribution is 2.25. The predicted molar refractivity (Wildman–Crippen MR) is 79.2 cm³/mol. The molecule has 21 heavy (non-hydrogen) atoms. The fraction of sp³-hybridized carbons (Fsp3) is 0.400. The summed E-state index contributed by atoms with van der Waals surface area (Å²) in [5.41, 5.74) is 1.40. The van der Waals surface area contributed by atoms with Crippen molar-refractivity contribution < 1.29 is 14.4 Å². The largest absolute Gasteiger partial charge is 0.374 e. The van der Waals surface area contributed by atoms with Crippen LogP contribution in [0.1, 0.15) is 41.5 Å². The molecule has 0 saturated heterocycles. The molecule has 1 aliphatic heterocycles. The normalized spacial score (nSPS) is 15.2. The van der Waals surface area contributed by atoms with Gasteiger partial charge >= 0.3 is 0 Å². The fourth-order valence-corrected chi connectivity index (χ4v) is 2.18. The number of carbonyl (C=O) groups is 3. The lowest BCUT2D eigenvalue weighted by Crippen LogP contribution is -2.41. The molecular formula is C15H19N3O3. The molecule has 0 spiro atoms. The molecule has 1 heterocycles. The number of amides is 3. The van der Waals surface area contributed by atoms with E-state index in [-0.39, 0.29) is 23.8 Å². The Balaban J connectivity index is 2.16. The minimum Gasteiger partial charge on any atom is -0.374 e. The van der Waals surface area contributed by atoms with Crippen molar-refractivity contribution in [3.05, 3.63) is 29.3 Å². The zero-order chi connectivity index (χ0) is 15.7. The van der Waals surface area contributed by atoms with Crippen molar-refractivity contribution in [3.63, 3.8) is 0 Å². The number of fused-ring (bicyclic) bond motifs is 1. The van der Waals surface area contributed by atoms with Crippen LogP contribution in [0.4, 0.5) is 5.69 Å². The molecule has 112 valence electrons. The third kappa shape index (κ3) is 2.89. The number of rotatable bonds is 4. The summed E-state index contributed by atoms with van der Waals surface area (Å²) in [4.78, 5) is 36.7. The van der Waals surface area contributed by atoms with Crippen molar-refractivity contribution in [3.8, 4) is 0 Å². The summed E-state index contributed by atoms with van der Waals surface area (Å²) in [5, 5.41) is 5.84. The number of nitrogens with one attached hydrogen (secondary N) is 2. The summed E-state index contributed by atoms with van der Waals surface area (Å²) in [6.07, 6.45) is 0. The van der Waals surface area contributed by atoms with Crippen LogP contribution in [0.5, 0.6) is 0 Å². The number of carbonyl (C=O) groups excluding carboxylic acids is 3. The van der Waals surface area contributed by atoms with E-state index in [1.807, 2.05) is 13.8 Å². The zero-order valence-corrected chi connectivity index (χ0v) is 12.6. The van der Waals surface area contributed by atoms with Crippen LogP contribution < -0.4 is 10.6 Å². The first kappa shape index (κ1) is 15.0. The van der Waals surface area contributed by atoms with Gasteiger partial charge in [-0.25, -0.2) is 0 Å². The van der Waals surface area contributed by atoms with E-state index < -0.39 is 6.04 Å². The smallest absolute Gasteiger partial charge is 0.261 e. The lowest BCUT2D eigenvalue weighted by molar-refractivity contribution is -0.122. The number of hydrogen-bond donors (Lipinski definition) is 2. The monoisotopic (exact) mass is 289 g/mol. The van der Waals surface area contributed by atoms with Crippen molar-refractivity contribution in [1.29, 1.82) is 0 Å². The van der Waals surface area contributed by atoms with E-state index in [1.54, 1.807) is 25.1 Å². The van der Waals surface area contributed by atoms with Crippen molar-refractivity contribution in [2.45, 2.75) is 32.9 Å². The SMILES string of the molecule is CC(C)NC(=O)C(C)Nc1ccc2c(c1)C(=O)N(C)C2=O. The van der Waals surface area contributed by atoms with Gasteiger partial charge in [0.25, 0.3) is 11.8 Å². The quantitative estimate of drug-likeness (QED) is 0.817.